The number of nitrogens with one attached hydrogen (secondary N) is 2. The second-order valence-electron chi connectivity index (χ2n) is 5.64. The zero-order valence-corrected chi connectivity index (χ0v) is 14.4. The Bertz CT molecular complexity index is 473. The molecule has 128 valence electrons. The van der Waals surface area contributed by atoms with Gasteiger partial charge in [0, 0.05) is 44.3 Å². The number of hydrogen-bond donors (Lipinski definition) is 2. The third kappa shape index (κ3) is 7.20. The molecule has 1 aliphatic rings. The first-order valence-electron chi connectivity index (χ1n) is 8.12. The summed E-state index contributed by atoms with van der Waals surface area (Å²) in [6.45, 7) is 4.85. The molecule has 0 saturated carbocycles. The van der Waals surface area contributed by atoms with E-state index in [0.29, 0.717) is 5.92 Å². The van der Waals surface area contributed by atoms with E-state index >= 15 is 0 Å². The molecule has 1 aromatic rings. The molecule has 0 radical (unpaired) electrons. The van der Waals surface area contributed by atoms with Crippen molar-refractivity contribution in [3.8, 4) is 0 Å². The second kappa shape index (κ2) is 10.5. The highest BCUT2D eigenvalue weighted by Gasteiger charge is 2.15. The molecule has 1 saturated heterocycles. The van der Waals surface area contributed by atoms with Gasteiger partial charge in [-0.15, -0.1) is 0 Å². The van der Waals surface area contributed by atoms with Crippen LogP contribution in [0.25, 0.3) is 0 Å². The van der Waals surface area contributed by atoms with Gasteiger partial charge >= 0.3 is 0 Å². The first-order chi connectivity index (χ1) is 11.3. The van der Waals surface area contributed by atoms with Gasteiger partial charge in [0.2, 0.25) is 0 Å². The molecular weight excluding hydrogens is 314 g/mol. The summed E-state index contributed by atoms with van der Waals surface area (Å²) in [7, 11) is 1.77. The average Bonchev–Trinajstić information content (AvgIpc) is 3.08. The number of rotatable bonds is 8. The fourth-order valence-corrected chi connectivity index (χ4v) is 2.48. The highest BCUT2D eigenvalue weighted by Crippen LogP contribution is 2.12. The Morgan fingerprint density at radius 1 is 1.35 bits per heavy atom. The van der Waals surface area contributed by atoms with Gasteiger partial charge in [-0.1, -0.05) is 23.7 Å². The van der Waals surface area contributed by atoms with Crippen molar-refractivity contribution < 1.29 is 9.47 Å². The summed E-state index contributed by atoms with van der Waals surface area (Å²) < 4.78 is 11.0. The molecule has 1 aromatic carbocycles. The quantitative estimate of drug-likeness (QED) is 0.434. The van der Waals surface area contributed by atoms with Gasteiger partial charge in [0.15, 0.2) is 5.96 Å². The molecule has 5 nitrogen and oxygen atoms in total. The van der Waals surface area contributed by atoms with E-state index in [4.69, 9.17) is 21.1 Å². The average molecular weight is 340 g/mol. The molecule has 0 bridgehead atoms. The van der Waals surface area contributed by atoms with Gasteiger partial charge < -0.3 is 20.1 Å². The van der Waals surface area contributed by atoms with Crippen LogP contribution in [0.5, 0.6) is 0 Å². The van der Waals surface area contributed by atoms with Crippen LogP contribution in [0.4, 0.5) is 0 Å². The van der Waals surface area contributed by atoms with Gasteiger partial charge in [0.25, 0.3) is 0 Å². The molecule has 1 fully saturated rings. The minimum Gasteiger partial charge on any atom is -0.381 e. The SMILES string of the molecule is CN=C(NCCCOCC1CCOC1)NCc1ccc(Cl)cc1. The van der Waals surface area contributed by atoms with E-state index in [1.807, 2.05) is 24.3 Å². The largest absolute Gasteiger partial charge is 0.381 e. The predicted octanol–water partition coefficient (Wildman–Crippen LogP) is 2.45. The minimum atomic E-state index is 0.580. The Morgan fingerprint density at radius 3 is 2.87 bits per heavy atom. The number of aliphatic imine (C=N–C) groups is 1. The summed E-state index contributed by atoms with van der Waals surface area (Å²) in [5.41, 5.74) is 1.17. The molecule has 1 heterocycles. The topological polar surface area (TPSA) is 54.9 Å². The van der Waals surface area contributed by atoms with Crippen molar-refractivity contribution >= 4 is 17.6 Å². The number of benzene rings is 1. The van der Waals surface area contributed by atoms with Crippen molar-refractivity contribution in [1.82, 2.24) is 10.6 Å². The van der Waals surface area contributed by atoms with Gasteiger partial charge in [-0.25, -0.2) is 0 Å². The number of ether oxygens (including phenoxy) is 2. The van der Waals surface area contributed by atoms with Crippen LogP contribution < -0.4 is 10.6 Å². The molecule has 2 N–H and O–H groups in total. The zero-order valence-electron chi connectivity index (χ0n) is 13.7. The number of halogens is 1. The zero-order chi connectivity index (χ0) is 16.3. The molecule has 1 unspecified atom stereocenters. The molecule has 1 aliphatic heterocycles. The van der Waals surface area contributed by atoms with Crippen LogP contribution in [0, 0.1) is 5.92 Å². The number of guanidine groups is 1. The lowest BCUT2D eigenvalue weighted by Gasteiger charge is -2.12. The molecule has 1 atom stereocenters. The molecule has 0 aromatic heterocycles. The molecule has 2 rings (SSSR count). The maximum absolute atomic E-state index is 5.88. The molecule has 0 aliphatic carbocycles. The van der Waals surface area contributed by atoms with E-state index in [1.165, 1.54) is 5.56 Å². The van der Waals surface area contributed by atoms with E-state index in [2.05, 4.69) is 15.6 Å². The van der Waals surface area contributed by atoms with Gasteiger partial charge in [-0.05, 0) is 30.5 Å². The number of hydrogen-bond acceptors (Lipinski definition) is 3. The Kier molecular flexibility index (Phi) is 8.21. The lowest BCUT2D eigenvalue weighted by molar-refractivity contribution is 0.0888. The van der Waals surface area contributed by atoms with E-state index in [0.717, 1.165) is 63.3 Å². The predicted molar refractivity (Wildman–Crippen MR) is 94.0 cm³/mol. The summed E-state index contributed by atoms with van der Waals surface area (Å²) >= 11 is 5.88. The highest BCUT2D eigenvalue weighted by molar-refractivity contribution is 6.30. The van der Waals surface area contributed by atoms with Crippen molar-refractivity contribution in [2.24, 2.45) is 10.9 Å². The summed E-state index contributed by atoms with van der Waals surface area (Å²) in [5.74, 6) is 1.38. The van der Waals surface area contributed by atoms with Crippen molar-refractivity contribution in [3.63, 3.8) is 0 Å². The summed E-state index contributed by atoms with van der Waals surface area (Å²) in [6.07, 6.45) is 2.08. The van der Waals surface area contributed by atoms with Crippen LogP contribution in [-0.4, -0.2) is 46.0 Å². The maximum atomic E-state index is 5.88. The van der Waals surface area contributed by atoms with E-state index in [1.54, 1.807) is 7.05 Å². The van der Waals surface area contributed by atoms with Crippen LogP contribution in [0.3, 0.4) is 0 Å². The van der Waals surface area contributed by atoms with Gasteiger partial charge in [0.05, 0.1) is 13.2 Å². The normalized spacial score (nSPS) is 18.2. The van der Waals surface area contributed by atoms with E-state index in [-0.39, 0.29) is 0 Å². The van der Waals surface area contributed by atoms with Crippen molar-refractivity contribution in [2.45, 2.75) is 19.4 Å². The standard InChI is InChI=1S/C17H26ClN3O2/c1-19-17(21-11-14-3-5-16(18)6-4-14)20-8-2-9-22-12-15-7-10-23-13-15/h3-6,15H,2,7-13H2,1H3,(H2,19,20,21). The first-order valence-corrected chi connectivity index (χ1v) is 8.50. The third-order valence-corrected chi connectivity index (χ3v) is 3.98. The van der Waals surface area contributed by atoms with Crippen LogP contribution in [-0.2, 0) is 16.0 Å². The van der Waals surface area contributed by atoms with Crippen molar-refractivity contribution in [1.29, 1.82) is 0 Å². The fourth-order valence-electron chi connectivity index (χ4n) is 2.35. The Balaban J connectivity index is 1.53. The molecule has 0 spiro atoms. The lowest BCUT2D eigenvalue weighted by atomic mass is 10.1. The highest BCUT2D eigenvalue weighted by atomic mass is 35.5. The third-order valence-electron chi connectivity index (χ3n) is 3.73. The summed E-state index contributed by atoms with van der Waals surface area (Å²) in [6, 6.07) is 7.79. The molecular formula is C17H26ClN3O2. The summed E-state index contributed by atoms with van der Waals surface area (Å²) in [4.78, 5) is 4.21. The minimum absolute atomic E-state index is 0.580. The second-order valence-corrected chi connectivity index (χ2v) is 6.07. The van der Waals surface area contributed by atoms with Gasteiger partial charge in [-0.2, -0.15) is 0 Å². The van der Waals surface area contributed by atoms with E-state index < -0.39 is 0 Å². The molecule has 6 heteroatoms. The summed E-state index contributed by atoms with van der Waals surface area (Å²) in [5, 5.41) is 7.32. The Labute approximate surface area is 143 Å². The Hall–Kier alpha value is -1.30. The van der Waals surface area contributed by atoms with Crippen LogP contribution in [0.2, 0.25) is 5.02 Å². The first kappa shape index (κ1) is 18.0. The molecule has 23 heavy (non-hydrogen) atoms. The van der Waals surface area contributed by atoms with Gasteiger partial charge in [0.1, 0.15) is 0 Å². The van der Waals surface area contributed by atoms with Gasteiger partial charge in [-0.3, -0.25) is 4.99 Å². The van der Waals surface area contributed by atoms with Crippen molar-refractivity contribution in [2.75, 3.05) is 40.0 Å². The van der Waals surface area contributed by atoms with Crippen LogP contribution >= 0.6 is 11.6 Å². The lowest BCUT2D eigenvalue weighted by Crippen LogP contribution is -2.37. The maximum Gasteiger partial charge on any atom is 0.191 e. The van der Waals surface area contributed by atoms with Crippen LogP contribution in [0.1, 0.15) is 18.4 Å². The van der Waals surface area contributed by atoms with Crippen LogP contribution in [0.15, 0.2) is 29.3 Å². The Morgan fingerprint density at radius 2 is 2.17 bits per heavy atom. The van der Waals surface area contributed by atoms with E-state index in [9.17, 15) is 0 Å². The van der Waals surface area contributed by atoms with Crippen molar-refractivity contribution in [3.05, 3.63) is 34.9 Å². The molecule has 0 amide bonds. The fraction of sp³-hybridized carbons (Fsp3) is 0.588. The monoisotopic (exact) mass is 339 g/mol. The number of nitrogens with zero attached hydrogens (tertiary/aromatic N) is 1. The smallest absolute Gasteiger partial charge is 0.191 e.